The van der Waals surface area contributed by atoms with E-state index in [1.807, 2.05) is 0 Å². The van der Waals surface area contributed by atoms with Crippen molar-refractivity contribution in [2.45, 2.75) is 33.2 Å². The molecule has 0 aliphatic carbocycles. The molecule has 0 N–H and O–H groups in total. The molecule has 32 heavy (non-hydrogen) atoms. The van der Waals surface area contributed by atoms with Gasteiger partial charge in [0.2, 0.25) is 0 Å². The van der Waals surface area contributed by atoms with Crippen molar-refractivity contribution in [1.29, 1.82) is 0 Å². The Morgan fingerprint density at radius 2 is 1.84 bits per heavy atom. The number of halogens is 2. The standard InChI is InChI=1S/C22H18F2N6O2/c1-5-6-28-19(12(2)3)20(30-18-9-16(24)15(23)8-17(18)26-27-30)21(31)29(22(28)32)14-7-13(4)10-25-11-14/h1,7-12H,6H2,2-4H3. The number of rotatable bonds is 4. The molecule has 3 aromatic heterocycles. The molecule has 8 nitrogen and oxygen atoms in total. The highest BCUT2D eigenvalue weighted by Crippen LogP contribution is 2.24. The number of hydrogen-bond acceptors (Lipinski definition) is 5. The van der Waals surface area contributed by atoms with Gasteiger partial charge in [0, 0.05) is 18.3 Å². The highest BCUT2D eigenvalue weighted by Gasteiger charge is 2.26. The van der Waals surface area contributed by atoms with E-state index in [0.29, 0.717) is 5.69 Å². The van der Waals surface area contributed by atoms with Gasteiger partial charge in [-0.15, -0.1) is 11.5 Å². The average Bonchev–Trinajstić information content (AvgIpc) is 3.12. The quantitative estimate of drug-likeness (QED) is 0.459. The number of terminal acetylenes is 1. The van der Waals surface area contributed by atoms with E-state index in [0.717, 1.165) is 26.9 Å². The number of nitrogens with zero attached hydrogens (tertiary/aromatic N) is 6. The topological polar surface area (TPSA) is 87.6 Å². The monoisotopic (exact) mass is 436 g/mol. The summed E-state index contributed by atoms with van der Waals surface area (Å²) in [7, 11) is 0. The zero-order valence-corrected chi connectivity index (χ0v) is 17.5. The molecule has 0 saturated heterocycles. The third-order valence-electron chi connectivity index (χ3n) is 4.98. The van der Waals surface area contributed by atoms with Crippen LogP contribution >= 0.6 is 0 Å². The predicted molar refractivity (Wildman–Crippen MR) is 114 cm³/mol. The van der Waals surface area contributed by atoms with E-state index in [9.17, 15) is 18.4 Å². The van der Waals surface area contributed by atoms with E-state index in [4.69, 9.17) is 6.42 Å². The van der Waals surface area contributed by atoms with Gasteiger partial charge in [0.1, 0.15) is 5.52 Å². The maximum Gasteiger partial charge on any atom is 0.336 e. The number of hydrogen-bond donors (Lipinski definition) is 0. The first kappa shape index (κ1) is 21.1. The van der Waals surface area contributed by atoms with E-state index in [2.05, 4.69) is 21.2 Å². The largest absolute Gasteiger partial charge is 0.336 e. The lowest BCUT2D eigenvalue weighted by atomic mass is 10.1. The second-order valence-corrected chi connectivity index (χ2v) is 7.58. The molecule has 0 bridgehead atoms. The summed E-state index contributed by atoms with van der Waals surface area (Å²) in [6, 6.07) is 3.43. The van der Waals surface area contributed by atoms with Crippen LogP contribution in [0.3, 0.4) is 0 Å². The zero-order valence-electron chi connectivity index (χ0n) is 17.5. The molecule has 0 unspecified atom stereocenters. The van der Waals surface area contributed by atoms with Crippen molar-refractivity contribution < 1.29 is 8.78 Å². The van der Waals surface area contributed by atoms with Crippen molar-refractivity contribution >= 4 is 11.0 Å². The summed E-state index contributed by atoms with van der Waals surface area (Å²) in [4.78, 5) is 31.1. The molecule has 10 heteroatoms. The summed E-state index contributed by atoms with van der Waals surface area (Å²) in [6.45, 7) is 5.22. The number of benzene rings is 1. The Hall–Kier alpha value is -4.13. The van der Waals surface area contributed by atoms with Crippen LogP contribution in [-0.2, 0) is 6.54 Å². The summed E-state index contributed by atoms with van der Waals surface area (Å²) in [5, 5.41) is 7.84. The van der Waals surface area contributed by atoms with Crippen LogP contribution in [0.25, 0.3) is 22.4 Å². The van der Waals surface area contributed by atoms with E-state index in [-0.39, 0.29) is 34.9 Å². The van der Waals surface area contributed by atoms with Crippen LogP contribution < -0.4 is 11.2 Å². The van der Waals surface area contributed by atoms with Crippen LogP contribution in [0.1, 0.15) is 31.0 Å². The molecule has 0 atom stereocenters. The Balaban J connectivity index is 2.20. The molecule has 1 aromatic carbocycles. The summed E-state index contributed by atoms with van der Waals surface area (Å²) >= 11 is 0. The molecule has 0 aliphatic heterocycles. The third kappa shape index (κ3) is 3.28. The zero-order chi connectivity index (χ0) is 23.2. The molecule has 0 spiro atoms. The molecule has 0 aliphatic rings. The Morgan fingerprint density at radius 1 is 1.12 bits per heavy atom. The van der Waals surface area contributed by atoms with Crippen molar-refractivity contribution in [3.8, 4) is 23.7 Å². The first-order valence-corrected chi connectivity index (χ1v) is 9.70. The second kappa shape index (κ2) is 7.85. The molecular formula is C22H18F2N6O2. The summed E-state index contributed by atoms with van der Waals surface area (Å²) in [6.07, 6.45) is 8.47. The fraction of sp³-hybridized carbons (Fsp3) is 0.227. The van der Waals surface area contributed by atoms with Crippen LogP contribution in [0.5, 0.6) is 0 Å². The normalized spacial score (nSPS) is 11.3. The van der Waals surface area contributed by atoms with Gasteiger partial charge in [-0.25, -0.2) is 22.8 Å². The van der Waals surface area contributed by atoms with E-state index < -0.39 is 22.9 Å². The van der Waals surface area contributed by atoms with Gasteiger partial charge in [0.05, 0.1) is 29.6 Å². The molecule has 0 saturated carbocycles. The molecule has 4 aromatic rings. The summed E-state index contributed by atoms with van der Waals surface area (Å²) in [5.41, 5.74) is 0.000253. The predicted octanol–water partition coefficient (Wildman–Crippen LogP) is 2.47. The Morgan fingerprint density at radius 3 is 2.50 bits per heavy atom. The molecule has 4 rings (SSSR count). The van der Waals surface area contributed by atoms with Gasteiger partial charge < -0.3 is 0 Å². The van der Waals surface area contributed by atoms with Crippen LogP contribution in [-0.4, -0.2) is 29.1 Å². The fourth-order valence-corrected chi connectivity index (χ4v) is 3.65. The number of aromatic nitrogens is 6. The lowest BCUT2D eigenvalue weighted by Crippen LogP contribution is -2.43. The minimum Gasteiger partial charge on any atom is -0.283 e. The van der Waals surface area contributed by atoms with Gasteiger partial charge in [-0.2, -0.15) is 0 Å². The van der Waals surface area contributed by atoms with Crippen molar-refractivity contribution in [3.05, 3.63) is 74.3 Å². The summed E-state index contributed by atoms with van der Waals surface area (Å²) < 4.78 is 31.1. The highest BCUT2D eigenvalue weighted by molar-refractivity contribution is 5.76. The molecule has 3 heterocycles. The van der Waals surface area contributed by atoms with E-state index >= 15 is 0 Å². The van der Waals surface area contributed by atoms with Gasteiger partial charge in [-0.1, -0.05) is 25.0 Å². The van der Waals surface area contributed by atoms with Crippen molar-refractivity contribution in [2.75, 3.05) is 0 Å². The maximum absolute atomic E-state index is 14.0. The maximum atomic E-state index is 14.0. The highest BCUT2D eigenvalue weighted by atomic mass is 19.2. The van der Waals surface area contributed by atoms with Crippen LogP contribution in [0.15, 0.2) is 40.2 Å². The lowest BCUT2D eigenvalue weighted by molar-refractivity contribution is 0.510. The third-order valence-corrected chi connectivity index (χ3v) is 4.98. The SMILES string of the molecule is C#CCn1c(C(C)C)c(-n2nnc3cc(F)c(F)cc32)c(=O)n(-c2cncc(C)c2)c1=O. The first-order chi connectivity index (χ1) is 15.2. The Bertz CT molecular complexity index is 1520. The Labute approximate surface area is 180 Å². The fourth-order valence-electron chi connectivity index (χ4n) is 3.65. The van der Waals surface area contributed by atoms with Crippen LogP contribution in [0, 0.1) is 30.9 Å². The molecule has 162 valence electrons. The summed E-state index contributed by atoms with van der Waals surface area (Å²) in [5.74, 6) is -0.113. The smallest absolute Gasteiger partial charge is 0.283 e. The van der Waals surface area contributed by atoms with Crippen LogP contribution in [0.4, 0.5) is 8.78 Å². The second-order valence-electron chi connectivity index (χ2n) is 7.58. The molecule has 0 fully saturated rings. The minimum absolute atomic E-state index is 0.0372. The number of fused-ring (bicyclic) bond motifs is 1. The van der Waals surface area contributed by atoms with Crippen molar-refractivity contribution in [3.63, 3.8) is 0 Å². The van der Waals surface area contributed by atoms with E-state index in [1.165, 1.54) is 10.8 Å². The van der Waals surface area contributed by atoms with Gasteiger partial charge in [0.15, 0.2) is 17.3 Å². The minimum atomic E-state index is -1.12. The molecule has 0 amide bonds. The van der Waals surface area contributed by atoms with Gasteiger partial charge in [0.25, 0.3) is 5.56 Å². The van der Waals surface area contributed by atoms with Crippen molar-refractivity contribution in [2.24, 2.45) is 0 Å². The number of pyridine rings is 1. The Kier molecular flexibility index (Phi) is 5.18. The van der Waals surface area contributed by atoms with Crippen LogP contribution in [0.2, 0.25) is 0 Å². The number of aryl methyl sites for hydroxylation is 1. The average molecular weight is 436 g/mol. The van der Waals surface area contributed by atoms with Gasteiger partial charge >= 0.3 is 5.69 Å². The molecular weight excluding hydrogens is 418 g/mol. The van der Waals surface area contributed by atoms with Gasteiger partial charge in [-0.05, 0) is 24.5 Å². The van der Waals surface area contributed by atoms with Gasteiger partial charge in [-0.3, -0.25) is 14.3 Å². The molecule has 0 radical (unpaired) electrons. The van der Waals surface area contributed by atoms with E-state index in [1.54, 1.807) is 33.0 Å². The lowest BCUT2D eigenvalue weighted by Gasteiger charge is -2.20. The first-order valence-electron chi connectivity index (χ1n) is 9.70. The van der Waals surface area contributed by atoms with Crippen molar-refractivity contribution in [1.82, 2.24) is 29.1 Å².